The first-order valence-electron chi connectivity index (χ1n) is 23.5. The molecule has 318 valence electrons. The van der Waals surface area contributed by atoms with Crippen molar-refractivity contribution in [2.75, 3.05) is 9.80 Å². The SMILES string of the molecule is c1ccc(-c2ccc(N(c3ccccc3)c3cccc(-c4ccc(-c5cccc(N(c6ccc(C7CCCCC7)cc6)c6ccc7ccccc7c6-c6ccccc6)c5)cc4)c3)cc2)cc1. The van der Waals surface area contributed by atoms with E-state index in [1.54, 1.807) is 0 Å². The molecule has 0 N–H and O–H groups in total. The van der Waals surface area contributed by atoms with Gasteiger partial charge in [0.05, 0.1) is 5.69 Å². The molecule has 0 saturated heterocycles. The Morgan fingerprint density at radius 2 is 0.727 bits per heavy atom. The van der Waals surface area contributed by atoms with Crippen molar-refractivity contribution in [3.63, 3.8) is 0 Å². The number of rotatable bonds is 11. The first kappa shape index (κ1) is 40.8. The van der Waals surface area contributed by atoms with Crippen LogP contribution in [0.1, 0.15) is 43.6 Å². The molecule has 0 amide bonds. The number of anilines is 6. The molecule has 1 aliphatic rings. The normalized spacial score (nSPS) is 12.8. The smallest absolute Gasteiger partial charge is 0.0546 e. The molecule has 0 heterocycles. The van der Waals surface area contributed by atoms with E-state index in [9.17, 15) is 0 Å². The van der Waals surface area contributed by atoms with Gasteiger partial charge in [-0.15, -0.1) is 0 Å². The molecule has 0 bridgehead atoms. The Kier molecular flexibility index (Phi) is 11.5. The maximum absolute atomic E-state index is 2.47. The molecule has 2 nitrogen and oxygen atoms in total. The Labute approximate surface area is 389 Å². The highest BCUT2D eigenvalue weighted by molar-refractivity contribution is 6.05. The lowest BCUT2D eigenvalue weighted by atomic mass is 9.84. The Balaban J connectivity index is 0.946. The van der Waals surface area contributed by atoms with E-state index in [1.807, 2.05) is 0 Å². The molecule has 0 spiro atoms. The molecule has 0 atom stereocenters. The third kappa shape index (κ3) is 8.42. The zero-order valence-electron chi connectivity index (χ0n) is 37.2. The average Bonchev–Trinajstić information content (AvgIpc) is 3.40. The van der Waals surface area contributed by atoms with Crippen LogP contribution in [0.25, 0.3) is 55.3 Å². The van der Waals surface area contributed by atoms with Crippen LogP contribution in [0.15, 0.2) is 249 Å². The second-order valence-corrected chi connectivity index (χ2v) is 17.6. The van der Waals surface area contributed by atoms with Crippen LogP contribution in [0.4, 0.5) is 34.1 Å². The van der Waals surface area contributed by atoms with Crippen LogP contribution < -0.4 is 9.80 Å². The summed E-state index contributed by atoms with van der Waals surface area (Å²) in [6.45, 7) is 0. The number of benzene rings is 10. The van der Waals surface area contributed by atoms with Crippen molar-refractivity contribution in [1.82, 2.24) is 0 Å². The summed E-state index contributed by atoms with van der Waals surface area (Å²) >= 11 is 0. The van der Waals surface area contributed by atoms with Crippen LogP contribution in [0, 0.1) is 0 Å². The predicted molar refractivity (Wildman–Crippen MR) is 281 cm³/mol. The third-order valence-corrected chi connectivity index (χ3v) is 13.4. The molecule has 0 aromatic heterocycles. The van der Waals surface area contributed by atoms with E-state index in [-0.39, 0.29) is 0 Å². The Morgan fingerprint density at radius 1 is 0.288 bits per heavy atom. The highest BCUT2D eigenvalue weighted by Crippen LogP contribution is 2.46. The maximum atomic E-state index is 2.47. The maximum Gasteiger partial charge on any atom is 0.0546 e. The van der Waals surface area contributed by atoms with Crippen LogP contribution in [-0.2, 0) is 0 Å². The second kappa shape index (κ2) is 18.6. The van der Waals surface area contributed by atoms with Crippen molar-refractivity contribution >= 4 is 44.9 Å². The lowest BCUT2D eigenvalue weighted by molar-refractivity contribution is 0.443. The molecule has 11 rings (SSSR count). The molecule has 0 unspecified atom stereocenters. The summed E-state index contributed by atoms with van der Waals surface area (Å²) in [4.78, 5) is 4.81. The van der Waals surface area contributed by atoms with Crippen LogP contribution in [0.3, 0.4) is 0 Å². The number of para-hydroxylation sites is 1. The molecular weight excluding hydrogens is 797 g/mol. The number of hydrogen-bond acceptors (Lipinski definition) is 2. The molecule has 10 aromatic rings. The average molecular weight is 849 g/mol. The van der Waals surface area contributed by atoms with Gasteiger partial charge in [-0.1, -0.05) is 201 Å². The lowest BCUT2D eigenvalue weighted by Crippen LogP contribution is -2.12. The van der Waals surface area contributed by atoms with Gasteiger partial charge in [-0.3, -0.25) is 0 Å². The first-order valence-corrected chi connectivity index (χ1v) is 23.5. The zero-order valence-corrected chi connectivity index (χ0v) is 37.2. The highest BCUT2D eigenvalue weighted by Gasteiger charge is 2.22. The predicted octanol–water partition coefficient (Wildman–Crippen LogP) is 18.5. The molecular formula is C64H52N2. The monoisotopic (exact) mass is 848 g/mol. The zero-order chi connectivity index (χ0) is 44.1. The van der Waals surface area contributed by atoms with Gasteiger partial charge in [0.25, 0.3) is 0 Å². The number of hydrogen-bond donors (Lipinski definition) is 0. The summed E-state index contributed by atoms with van der Waals surface area (Å²) in [5.41, 5.74) is 17.8. The summed E-state index contributed by atoms with van der Waals surface area (Å²) < 4.78 is 0. The van der Waals surface area contributed by atoms with Gasteiger partial charge in [0.2, 0.25) is 0 Å². The van der Waals surface area contributed by atoms with Crippen LogP contribution in [0.2, 0.25) is 0 Å². The fraction of sp³-hybridized carbons (Fsp3) is 0.0938. The first-order chi connectivity index (χ1) is 32.7. The standard InChI is InChI=1S/C64H52N2/c1-5-17-47(18-6-1)49-35-40-58(41-36-49)65(57-26-11-4-12-27-57)60-28-15-24-55(45-60)51-31-33-52(34-32-51)56-25-16-29-61(46-56)66(59-42-37-50(38-43-59)48-19-7-2-8-20-48)63-44-39-53-21-13-14-30-62(53)64(63)54-22-9-3-10-23-54/h1,3-6,9-18,21-46,48H,2,7-8,19-20H2. The van der Waals surface area contributed by atoms with Crippen LogP contribution >= 0.6 is 0 Å². The van der Waals surface area contributed by atoms with E-state index in [4.69, 9.17) is 0 Å². The minimum absolute atomic E-state index is 0.649. The Bertz CT molecular complexity index is 3190. The minimum atomic E-state index is 0.649. The summed E-state index contributed by atoms with van der Waals surface area (Å²) in [6.07, 6.45) is 6.59. The van der Waals surface area contributed by atoms with E-state index >= 15 is 0 Å². The summed E-state index contributed by atoms with van der Waals surface area (Å²) in [7, 11) is 0. The molecule has 1 fully saturated rings. The molecule has 0 aliphatic heterocycles. The van der Waals surface area contributed by atoms with Crippen molar-refractivity contribution < 1.29 is 0 Å². The fourth-order valence-electron chi connectivity index (χ4n) is 10.1. The number of nitrogens with zero attached hydrogens (tertiary/aromatic N) is 2. The van der Waals surface area contributed by atoms with Gasteiger partial charge in [-0.25, -0.2) is 0 Å². The molecule has 10 aromatic carbocycles. The summed E-state index contributed by atoms with van der Waals surface area (Å²) in [6, 6.07) is 90.9. The van der Waals surface area contributed by atoms with E-state index in [0.29, 0.717) is 5.92 Å². The summed E-state index contributed by atoms with van der Waals surface area (Å²) in [5, 5.41) is 2.48. The Hall–Kier alpha value is -7.94. The van der Waals surface area contributed by atoms with Crippen molar-refractivity contribution in [1.29, 1.82) is 0 Å². The van der Waals surface area contributed by atoms with E-state index in [1.165, 1.54) is 92.9 Å². The van der Waals surface area contributed by atoms with Crippen LogP contribution in [-0.4, -0.2) is 0 Å². The van der Waals surface area contributed by atoms with Crippen LogP contribution in [0.5, 0.6) is 0 Å². The third-order valence-electron chi connectivity index (χ3n) is 13.4. The molecule has 1 saturated carbocycles. The number of fused-ring (bicyclic) bond motifs is 1. The van der Waals surface area contributed by atoms with Crippen molar-refractivity contribution in [3.8, 4) is 44.5 Å². The molecule has 66 heavy (non-hydrogen) atoms. The van der Waals surface area contributed by atoms with E-state index < -0.39 is 0 Å². The quantitative estimate of drug-likeness (QED) is 0.128. The highest BCUT2D eigenvalue weighted by atomic mass is 15.1. The van der Waals surface area contributed by atoms with Gasteiger partial charge in [0, 0.05) is 34.0 Å². The summed E-state index contributed by atoms with van der Waals surface area (Å²) in [5.74, 6) is 0.649. The van der Waals surface area contributed by atoms with Gasteiger partial charge >= 0.3 is 0 Å². The van der Waals surface area contributed by atoms with E-state index in [2.05, 4.69) is 259 Å². The van der Waals surface area contributed by atoms with Gasteiger partial charge in [0.15, 0.2) is 0 Å². The Morgan fingerprint density at radius 3 is 1.36 bits per heavy atom. The lowest BCUT2D eigenvalue weighted by Gasteiger charge is -2.30. The molecule has 2 heteroatoms. The van der Waals surface area contributed by atoms with Crippen molar-refractivity contribution in [2.45, 2.75) is 38.0 Å². The molecule has 0 radical (unpaired) electrons. The fourth-order valence-corrected chi connectivity index (χ4v) is 10.1. The van der Waals surface area contributed by atoms with Gasteiger partial charge in [-0.2, -0.15) is 0 Å². The largest absolute Gasteiger partial charge is 0.310 e. The van der Waals surface area contributed by atoms with E-state index in [0.717, 1.165) is 34.1 Å². The minimum Gasteiger partial charge on any atom is -0.310 e. The molecule has 1 aliphatic carbocycles. The van der Waals surface area contributed by atoms with Gasteiger partial charge < -0.3 is 9.80 Å². The topological polar surface area (TPSA) is 6.48 Å². The second-order valence-electron chi connectivity index (χ2n) is 17.6. The van der Waals surface area contributed by atoms with Crippen molar-refractivity contribution in [2.24, 2.45) is 0 Å². The van der Waals surface area contributed by atoms with Gasteiger partial charge in [-0.05, 0) is 141 Å². The van der Waals surface area contributed by atoms with Gasteiger partial charge in [0.1, 0.15) is 0 Å². The van der Waals surface area contributed by atoms with Crippen molar-refractivity contribution in [3.05, 3.63) is 254 Å².